The van der Waals surface area contributed by atoms with Crippen molar-refractivity contribution in [3.05, 3.63) is 0 Å². The van der Waals surface area contributed by atoms with E-state index in [9.17, 15) is 4.79 Å². The third kappa shape index (κ3) is 4.09. The van der Waals surface area contributed by atoms with Crippen LogP contribution < -0.4 is 5.73 Å². The van der Waals surface area contributed by atoms with Gasteiger partial charge >= 0.3 is 0 Å². The van der Waals surface area contributed by atoms with Crippen molar-refractivity contribution in [3.8, 4) is 0 Å². The summed E-state index contributed by atoms with van der Waals surface area (Å²) in [5, 5.41) is -0.470. The second kappa shape index (κ2) is 4.16. The van der Waals surface area contributed by atoms with Crippen molar-refractivity contribution in [2.75, 3.05) is 0 Å². The predicted octanol–water partition coefficient (Wildman–Crippen LogP) is 1.55. The van der Waals surface area contributed by atoms with Crippen LogP contribution in [0.3, 0.4) is 0 Å². The van der Waals surface area contributed by atoms with Crippen LogP contribution in [-0.2, 0) is 4.79 Å². The van der Waals surface area contributed by atoms with Crippen LogP contribution in [0.15, 0.2) is 0 Å². The molecule has 2 nitrogen and oxygen atoms in total. The van der Waals surface area contributed by atoms with Gasteiger partial charge in [0, 0.05) is 0 Å². The molecule has 0 saturated heterocycles. The number of nitrogens with two attached hydrogens (primary N) is 1. The summed E-state index contributed by atoms with van der Waals surface area (Å²) in [7, 11) is 0. The number of rotatable bonds is 1. The van der Waals surface area contributed by atoms with Gasteiger partial charge in [-0.3, -0.25) is 4.79 Å². The summed E-state index contributed by atoms with van der Waals surface area (Å²) in [6.45, 7) is 5.62. The Morgan fingerprint density at radius 3 is 1.80 bits per heavy atom. The van der Waals surface area contributed by atoms with Crippen molar-refractivity contribution in [1.82, 2.24) is 0 Å². The Morgan fingerprint density at radius 1 is 1.50 bits per heavy atom. The fraction of sp³-hybridized carbons (Fsp3) is 0.833. The van der Waals surface area contributed by atoms with Gasteiger partial charge in [-0.25, -0.2) is 0 Å². The summed E-state index contributed by atoms with van der Waals surface area (Å²) in [4.78, 5) is 10.4. The van der Waals surface area contributed by atoms with Crippen molar-refractivity contribution in [2.24, 2.45) is 11.1 Å². The van der Waals surface area contributed by atoms with E-state index >= 15 is 0 Å². The van der Waals surface area contributed by atoms with Crippen LogP contribution in [0.5, 0.6) is 0 Å². The first-order valence-electron chi connectivity index (χ1n) is 2.80. The molecule has 4 heteroatoms. The predicted molar refractivity (Wildman–Crippen MR) is 45.5 cm³/mol. The smallest absolute Gasteiger partial charge is 0.238 e. The summed E-state index contributed by atoms with van der Waals surface area (Å²) in [6, 6.07) is -0.556. The fourth-order valence-corrected chi connectivity index (χ4v) is 0.668. The maximum absolute atomic E-state index is 10.4. The average Bonchev–Trinajstić information content (AvgIpc) is 1.62. The van der Waals surface area contributed by atoms with E-state index in [1.54, 1.807) is 0 Å². The lowest BCUT2D eigenvalue weighted by atomic mass is 9.88. The minimum atomic E-state index is -0.556. The van der Waals surface area contributed by atoms with E-state index in [2.05, 4.69) is 0 Å². The third-order valence-electron chi connectivity index (χ3n) is 1.18. The zero-order valence-electron chi connectivity index (χ0n) is 6.35. The van der Waals surface area contributed by atoms with Crippen molar-refractivity contribution in [1.29, 1.82) is 0 Å². The van der Waals surface area contributed by atoms with Gasteiger partial charge in [0.25, 0.3) is 0 Å². The zero-order chi connectivity index (χ0) is 7.65. The van der Waals surface area contributed by atoms with Gasteiger partial charge in [0.05, 0.1) is 6.04 Å². The van der Waals surface area contributed by atoms with Gasteiger partial charge in [0.15, 0.2) is 0 Å². The molecule has 0 aromatic heterocycles. The quantitative estimate of drug-likeness (QED) is 0.631. The lowest BCUT2D eigenvalue weighted by Gasteiger charge is -2.22. The van der Waals surface area contributed by atoms with Gasteiger partial charge in [0.1, 0.15) is 0 Å². The normalized spacial score (nSPS) is 13.7. The molecule has 0 aliphatic rings. The van der Waals surface area contributed by atoms with Crippen LogP contribution in [0, 0.1) is 5.41 Å². The molecule has 0 rings (SSSR count). The largest absolute Gasteiger partial charge is 0.320 e. The number of carbonyl (C=O) groups is 1. The number of hydrogen-bond acceptors (Lipinski definition) is 2. The number of hydrogen-bond donors (Lipinski definition) is 1. The molecular weight excluding hydrogens is 173 g/mol. The fourth-order valence-electron chi connectivity index (χ4n) is 0.340. The average molecular weight is 186 g/mol. The summed E-state index contributed by atoms with van der Waals surface area (Å²) in [5.74, 6) is 0. The van der Waals surface area contributed by atoms with E-state index in [4.69, 9.17) is 17.3 Å². The molecule has 0 aliphatic carbocycles. The Kier molecular flexibility index (Phi) is 5.35. The molecule has 10 heavy (non-hydrogen) atoms. The molecule has 0 aliphatic heterocycles. The summed E-state index contributed by atoms with van der Waals surface area (Å²) in [6.07, 6.45) is 0. The van der Waals surface area contributed by atoms with Crippen molar-refractivity contribution in [3.63, 3.8) is 0 Å². The van der Waals surface area contributed by atoms with Crippen LogP contribution >= 0.6 is 24.0 Å². The number of halogens is 2. The molecule has 0 aromatic carbocycles. The highest BCUT2D eigenvalue weighted by molar-refractivity contribution is 6.64. The Bertz CT molecular complexity index is 119. The topological polar surface area (TPSA) is 43.1 Å². The van der Waals surface area contributed by atoms with Gasteiger partial charge < -0.3 is 5.73 Å². The van der Waals surface area contributed by atoms with Crippen molar-refractivity contribution < 1.29 is 4.79 Å². The lowest BCUT2D eigenvalue weighted by molar-refractivity contribution is -0.114. The molecule has 1 unspecified atom stereocenters. The summed E-state index contributed by atoms with van der Waals surface area (Å²) in [5.41, 5.74) is 5.19. The molecule has 0 heterocycles. The Labute approximate surface area is 72.5 Å². The van der Waals surface area contributed by atoms with Gasteiger partial charge in [-0.1, -0.05) is 20.8 Å². The minimum absolute atomic E-state index is 0. The molecule has 2 N–H and O–H groups in total. The highest BCUT2D eigenvalue weighted by Crippen LogP contribution is 2.18. The second-order valence-corrected chi connectivity index (χ2v) is 3.52. The lowest BCUT2D eigenvalue weighted by Crippen LogP contribution is -2.39. The maximum atomic E-state index is 10.4. The Morgan fingerprint density at radius 2 is 1.80 bits per heavy atom. The molecular formula is C6H13Cl2NO. The maximum Gasteiger partial charge on any atom is 0.238 e. The van der Waals surface area contributed by atoms with E-state index in [1.807, 2.05) is 20.8 Å². The van der Waals surface area contributed by atoms with Crippen LogP contribution in [0.25, 0.3) is 0 Å². The third-order valence-corrected chi connectivity index (χ3v) is 1.41. The number of carbonyl (C=O) groups excluding carboxylic acids is 1. The van der Waals surface area contributed by atoms with E-state index in [0.717, 1.165) is 0 Å². The van der Waals surface area contributed by atoms with E-state index < -0.39 is 11.3 Å². The van der Waals surface area contributed by atoms with Crippen molar-refractivity contribution >= 4 is 29.3 Å². The standard InChI is InChI=1S/C6H12ClNO.ClH/c1-6(2,3)4(8)5(7)9;/h4H,8H2,1-3H3;1H. The van der Waals surface area contributed by atoms with Crippen LogP contribution in [0.4, 0.5) is 0 Å². The SMILES string of the molecule is CC(C)(C)C(N)C(=O)Cl.Cl. The Balaban J connectivity index is 0. The highest BCUT2D eigenvalue weighted by Gasteiger charge is 2.25. The van der Waals surface area contributed by atoms with Crippen LogP contribution in [0.2, 0.25) is 0 Å². The minimum Gasteiger partial charge on any atom is -0.320 e. The highest BCUT2D eigenvalue weighted by atomic mass is 35.5. The first-order chi connectivity index (χ1) is 3.85. The zero-order valence-corrected chi connectivity index (χ0v) is 7.92. The molecule has 0 radical (unpaired) electrons. The second-order valence-electron chi connectivity index (χ2n) is 3.15. The molecule has 0 fully saturated rings. The molecule has 0 saturated carbocycles. The van der Waals surface area contributed by atoms with Gasteiger partial charge in [-0.05, 0) is 17.0 Å². The molecule has 1 atom stereocenters. The van der Waals surface area contributed by atoms with E-state index in [1.165, 1.54) is 0 Å². The summed E-state index contributed by atoms with van der Waals surface area (Å²) >= 11 is 5.15. The van der Waals surface area contributed by atoms with Crippen molar-refractivity contribution in [2.45, 2.75) is 26.8 Å². The monoisotopic (exact) mass is 185 g/mol. The molecule has 62 valence electrons. The van der Waals surface area contributed by atoms with Gasteiger partial charge in [-0.15, -0.1) is 12.4 Å². The first kappa shape index (κ1) is 12.8. The first-order valence-corrected chi connectivity index (χ1v) is 3.18. The van der Waals surface area contributed by atoms with E-state index in [0.29, 0.717) is 0 Å². The molecule has 0 aromatic rings. The molecule has 0 spiro atoms. The van der Waals surface area contributed by atoms with Gasteiger partial charge in [0.2, 0.25) is 5.24 Å². The van der Waals surface area contributed by atoms with Crippen LogP contribution in [-0.4, -0.2) is 11.3 Å². The van der Waals surface area contributed by atoms with Gasteiger partial charge in [-0.2, -0.15) is 0 Å². The Hall–Kier alpha value is 0.210. The van der Waals surface area contributed by atoms with Crippen LogP contribution in [0.1, 0.15) is 20.8 Å². The summed E-state index contributed by atoms with van der Waals surface area (Å²) < 4.78 is 0. The molecule has 0 amide bonds. The van der Waals surface area contributed by atoms with E-state index in [-0.39, 0.29) is 17.8 Å². The molecule has 0 bridgehead atoms.